The molecular formula is C26H33FN2O4S. The number of aryl methyl sites for hydroxylation is 1. The first-order valence-corrected chi connectivity index (χ1v) is 13.2. The summed E-state index contributed by atoms with van der Waals surface area (Å²) >= 11 is 0. The highest BCUT2D eigenvalue weighted by atomic mass is 32.2. The lowest BCUT2D eigenvalue weighted by Crippen LogP contribution is -2.33. The minimum absolute atomic E-state index is 0.0664. The number of carbonyl (C=O) groups excluding carboxylic acids is 2. The Morgan fingerprint density at radius 1 is 0.912 bits per heavy atom. The molecule has 2 aromatic rings. The third-order valence-corrected chi connectivity index (χ3v) is 8.06. The SMILES string of the molecule is Cc1ccc(CC(=O)CN(C)CC(=O)Cc2cccc(F)c2)cc1S(=O)(=O)N1CCCCCC1. The van der Waals surface area contributed by atoms with Crippen molar-refractivity contribution < 1.29 is 22.4 Å². The van der Waals surface area contributed by atoms with Gasteiger partial charge < -0.3 is 0 Å². The van der Waals surface area contributed by atoms with Crippen molar-refractivity contribution in [1.29, 1.82) is 0 Å². The zero-order valence-corrected chi connectivity index (χ0v) is 20.7. The molecule has 184 valence electrons. The van der Waals surface area contributed by atoms with Crippen LogP contribution >= 0.6 is 0 Å². The molecule has 2 aromatic carbocycles. The summed E-state index contributed by atoms with van der Waals surface area (Å²) in [6.07, 6.45) is 3.99. The lowest BCUT2D eigenvalue weighted by atomic mass is 10.1. The fourth-order valence-electron chi connectivity index (χ4n) is 4.33. The first-order valence-electron chi connectivity index (χ1n) is 11.7. The number of nitrogens with zero attached hydrogens (tertiary/aromatic N) is 2. The van der Waals surface area contributed by atoms with Crippen LogP contribution < -0.4 is 0 Å². The number of benzene rings is 2. The van der Waals surface area contributed by atoms with Crippen LogP contribution in [0.1, 0.15) is 42.4 Å². The van der Waals surface area contributed by atoms with E-state index in [4.69, 9.17) is 0 Å². The summed E-state index contributed by atoms with van der Waals surface area (Å²) in [6, 6.07) is 11.1. The summed E-state index contributed by atoms with van der Waals surface area (Å²) in [7, 11) is -1.92. The van der Waals surface area contributed by atoms with Gasteiger partial charge in [0.2, 0.25) is 10.0 Å². The van der Waals surface area contributed by atoms with Crippen LogP contribution in [0.2, 0.25) is 0 Å². The lowest BCUT2D eigenvalue weighted by Gasteiger charge is -2.21. The van der Waals surface area contributed by atoms with Gasteiger partial charge in [-0.3, -0.25) is 14.5 Å². The van der Waals surface area contributed by atoms with Gasteiger partial charge in [0.25, 0.3) is 0 Å². The van der Waals surface area contributed by atoms with Crippen molar-refractivity contribution in [2.75, 3.05) is 33.2 Å². The van der Waals surface area contributed by atoms with E-state index in [0.29, 0.717) is 29.8 Å². The molecular weight excluding hydrogens is 455 g/mol. The van der Waals surface area contributed by atoms with Crippen molar-refractivity contribution in [1.82, 2.24) is 9.21 Å². The average Bonchev–Trinajstić information content (AvgIpc) is 3.05. The molecule has 1 fully saturated rings. The summed E-state index contributed by atoms with van der Waals surface area (Å²) < 4.78 is 41.3. The highest BCUT2D eigenvalue weighted by Gasteiger charge is 2.27. The molecule has 1 aliphatic rings. The Morgan fingerprint density at radius 3 is 2.09 bits per heavy atom. The van der Waals surface area contributed by atoms with E-state index in [9.17, 15) is 22.4 Å². The third-order valence-electron chi connectivity index (χ3n) is 6.02. The van der Waals surface area contributed by atoms with Gasteiger partial charge in [-0.25, -0.2) is 12.8 Å². The standard InChI is InChI=1S/C26H33FN2O4S/c1-20-10-11-22(17-26(20)34(32,33)29-12-5-3-4-6-13-29)16-25(31)19-28(2)18-24(30)15-21-8-7-9-23(27)14-21/h7-11,14,17H,3-6,12-13,15-16,18-19H2,1-2H3. The van der Waals surface area contributed by atoms with Crippen molar-refractivity contribution in [3.63, 3.8) is 0 Å². The van der Waals surface area contributed by atoms with Gasteiger partial charge in [0.1, 0.15) is 5.82 Å². The topological polar surface area (TPSA) is 74.8 Å². The van der Waals surface area contributed by atoms with Gasteiger partial charge >= 0.3 is 0 Å². The summed E-state index contributed by atoms with van der Waals surface area (Å²) in [4.78, 5) is 26.8. The Bertz CT molecular complexity index is 1130. The van der Waals surface area contributed by atoms with Gasteiger partial charge in [0.05, 0.1) is 18.0 Å². The zero-order valence-electron chi connectivity index (χ0n) is 19.9. The monoisotopic (exact) mass is 488 g/mol. The molecule has 3 rings (SSSR count). The van der Waals surface area contributed by atoms with E-state index in [-0.39, 0.29) is 48.2 Å². The average molecular weight is 489 g/mol. The maximum absolute atomic E-state index is 13.3. The number of likely N-dealkylation sites (N-methyl/N-ethyl adjacent to an activating group) is 1. The Kier molecular flexibility index (Phi) is 9.10. The van der Waals surface area contributed by atoms with Crippen LogP contribution in [0.4, 0.5) is 4.39 Å². The van der Waals surface area contributed by atoms with Gasteiger partial charge in [-0.2, -0.15) is 4.31 Å². The van der Waals surface area contributed by atoms with Crippen molar-refractivity contribution >= 4 is 21.6 Å². The van der Waals surface area contributed by atoms with Crippen LogP contribution in [-0.4, -0.2) is 62.4 Å². The molecule has 0 aromatic heterocycles. The van der Waals surface area contributed by atoms with E-state index in [1.54, 1.807) is 53.5 Å². The van der Waals surface area contributed by atoms with E-state index in [1.807, 2.05) is 0 Å². The summed E-state index contributed by atoms with van der Waals surface area (Å²) in [5.41, 5.74) is 1.91. The van der Waals surface area contributed by atoms with E-state index < -0.39 is 10.0 Å². The maximum Gasteiger partial charge on any atom is 0.243 e. The smallest absolute Gasteiger partial charge is 0.243 e. The third kappa shape index (κ3) is 7.29. The van der Waals surface area contributed by atoms with Gasteiger partial charge in [-0.1, -0.05) is 37.1 Å². The predicted octanol–water partition coefficient (Wildman–Crippen LogP) is 3.55. The summed E-state index contributed by atoms with van der Waals surface area (Å²) in [5, 5.41) is 0. The van der Waals surface area contributed by atoms with Crippen LogP contribution in [-0.2, 0) is 32.5 Å². The fraction of sp³-hybridized carbons (Fsp3) is 0.462. The number of ketones is 2. The highest BCUT2D eigenvalue weighted by molar-refractivity contribution is 7.89. The van der Waals surface area contributed by atoms with Gasteiger partial charge in [-0.05, 0) is 61.7 Å². The van der Waals surface area contributed by atoms with Crippen molar-refractivity contribution in [2.24, 2.45) is 0 Å². The molecule has 1 heterocycles. The second-order valence-electron chi connectivity index (χ2n) is 9.15. The van der Waals surface area contributed by atoms with Crippen LogP contribution in [0.25, 0.3) is 0 Å². The minimum atomic E-state index is -3.61. The number of rotatable bonds is 10. The van der Waals surface area contributed by atoms with E-state index in [2.05, 4.69) is 0 Å². The summed E-state index contributed by atoms with van der Waals surface area (Å²) in [6.45, 7) is 2.97. The zero-order chi connectivity index (χ0) is 24.7. The molecule has 0 bridgehead atoms. The molecule has 1 aliphatic heterocycles. The molecule has 6 nitrogen and oxygen atoms in total. The molecule has 0 radical (unpaired) electrons. The normalized spacial score (nSPS) is 15.3. The Labute approximate surface area is 201 Å². The lowest BCUT2D eigenvalue weighted by molar-refractivity contribution is -0.121. The second kappa shape index (κ2) is 11.8. The predicted molar refractivity (Wildman–Crippen MR) is 130 cm³/mol. The Morgan fingerprint density at radius 2 is 1.50 bits per heavy atom. The quantitative estimate of drug-likeness (QED) is 0.511. The number of sulfonamides is 1. The first-order chi connectivity index (χ1) is 16.1. The number of hydrogen-bond donors (Lipinski definition) is 0. The van der Waals surface area contributed by atoms with E-state index in [0.717, 1.165) is 25.7 Å². The van der Waals surface area contributed by atoms with Gasteiger partial charge in [0.15, 0.2) is 11.6 Å². The van der Waals surface area contributed by atoms with Crippen LogP contribution in [0.15, 0.2) is 47.4 Å². The molecule has 0 atom stereocenters. The van der Waals surface area contributed by atoms with Crippen LogP contribution in [0, 0.1) is 12.7 Å². The van der Waals surface area contributed by atoms with Crippen molar-refractivity contribution in [3.8, 4) is 0 Å². The van der Waals surface area contributed by atoms with E-state index >= 15 is 0 Å². The molecule has 0 saturated carbocycles. The largest absolute Gasteiger partial charge is 0.298 e. The fourth-order valence-corrected chi connectivity index (χ4v) is 6.12. The van der Waals surface area contributed by atoms with Crippen LogP contribution in [0.5, 0.6) is 0 Å². The van der Waals surface area contributed by atoms with E-state index in [1.165, 1.54) is 12.1 Å². The molecule has 0 amide bonds. The molecule has 8 heteroatoms. The maximum atomic E-state index is 13.3. The van der Waals surface area contributed by atoms with Crippen molar-refractivity contribution in [2.45, 2.75) is 50.3 Å². The van der Waals surface area contributed by atoms with Crippen LogP contribution in [0.3, 0.4) is 0 Å². The Balaban J connectivity index is 1.59. The minimum Gasteiger partial charge on any atom is -0.298 e. The van der Waals surface area contributed by atoms with Gasteiger partial charge in [-0.15, -0.1) is 0 Å². The summed E-state index contributed by atoms with van der Waals surface area (Å²) in [5.74, 6) is -0.603. The molecule has 0 spiro atoms. The molecule has 34 heavy (non-hydrogen) atoms. The molecule has 0 N–H and O–H groups in total. The van der Waals surface area contributed by atoms with Gasteiger partial charge in [0, 0.05) is 25.9 Å². The Hall–Kier alpha value is -2.42. The number of carbonyl (C=O) groups is 2. The second-order valence-corrected chi connectivity index (χ2v) is 11.1. The molecule has 1 saturated heterocycles. The molecule has 0 unspecified atom stereocenters. The number of Topliss-reactive ketones (excluding diaryl/α,β-unsaturated/α-hetero) is 2. The molecule has 0 aliphatic carbocycles. The number of hydrogen-bond acceptors (Lipinski definition) is 5. The van der Waals surface area contributed by atoms with Crippen molar-refractivity contribution in [3.05, 3.63) is 65.0 Å². The highest BCUT2D eigenvalue weighted by Crippen LogP contribution is 2.24. The number of halogens is 1. The first kappa shape index (κ1) is 26.2.